The SMILES string of the molecule is CCOc1cc(/C=N\NC(=O)c2cccc3ccccc23)cc(Br)c1OCc1ccc(Cl)cc1. The zero-order valence-electron chi connectivity index (χ0n) is 18.4. The summed E-state index contributed by atoms with van der Waals surface area (Å²) < 4.78 is 12.5. The van der Waals surface area contributed by atoms with Crippen molar-refractivity contribution in [2.24, 2.45) is 5.10 Å². The van der Waals surface area contributed by atoms with Crippen LogP contribution in [0.15, 0.2) is 88.4 Å². The first-order chi connectivity index (χ1) is 16.5. The van der Waals surface area contributed by atoms with Crippen LogP contribution in [0.1, 0.15) is 28.4 Å². The number of carbonyl (C=O) groups is 1. The van der Waals surface area contributed by atoms with Gasteiger partial charge in [-0.1, -0.05) is 60.1 Å². The summed E-state index contributed by atoms with van der Waals surface area (Å²) >= 11 is 9.52. The van der Waals surface area contributed by atoms with Gasteiger partial charge in [0.2, 0.25) is 0 Å². The second kappa shape index (κ2) is 11.2. The predicted octanol–water partition coefficient (Wildman–Crippen LogP) is 7.00. The number of carbonyl (C=O) groups excluding carboxylic acids is 1. The number of nitrogens with one attached hydrogen (secondary N) is 1. The van der Waals surface area contributed by atoms with Crippen LogP contribution in [0.2, 0.25) is 5.02 Å². The van der Waals surface area contributed by atoms with E-state index in [1.807, 2.05) is 79.7 Å². The molecule has 0 fully saturated rings. The van der Waals surface area contributed by atoms with Crippen LogP contribution in [-0.2, 0) is 6.61 Å². The molecule has 0 saturated carbocycles. The van der Waals surface area contributed by atoms with Gasteiger partial charge < -0.3 is 9.47 Å². The van der Waals surface area contributed by atoms with Crippen molar-refractivity contribution in [2.45, 2.75) is 13.5 Å². The molecule has 4 aromatic carbocycles. The highest BCUT2D eigenvalue weighted by Gasteiger charge is 2.13. The zero-order valence-corrected chi connectivity index (χ0v) is 20.8. The van der Waals surface area contributed by atoms with Gasteiger partial charge in [-0.25, -0.2) is 5.43 Å². The Morgan fingerprint density at radius 2 is 1.79 bits per heavy atom. The van der Waals surface area contributed by atoms with Gasteiger partial charge in [-0.05, 0) is 75.1 Å². The number of benzene rings is 4. The van der Waals surface area contributed by atoms with Crippen molar-refractivity contribution in [1.29, 1.82) is 0 Å². The second-order valence-corrected chi connectivity index (χ2v) is 8.69. The van der Waals surface area contributed by atoms with Crippen LogP contribution in [0.4, 0.5) is 0 Å². The first kappa shape index (κ1) is 23.8. The van der Waals surface area contributed by atoms with Crippen LogP contribution < -0.4 is 14.9 Å². The molecule has 0 saturated heterocycles. The molecule has 4 rings (SSSR count). The lowest BCUT2D eigenvalue weighted by molar-refractivity contribution is 0.0957. The number of amides is 1. The van der Waals surface area contributed by atoms with Gasteiger partial charge in [-0.15, -0.1) is 0 Å². The van der Waals surface area contributed by atoms with Gasteiger partial charge in [-0.3, -0.25) is 4.79 Å². The van der Waals surface area contributed by atoms with Crippen molar-refractivity contribution in [3.63, 3.8) is 0 Å². The lowest BCUT2D eigenvalue weighted by Crippen LogP contribution is -2.17. The van der Waals surface area contributed by atoms with E-state index in [4.69, 9.17) is 21.1 Å². The molecule has 0 heterocycles. The summed E-state index contributed by atoms with van der Waals surface area (Å²) in [5, 5.41) is 6.70. The highest BCUT2D eigenvalue weighted by molar-refractivity contribution is 9.10. The predicted molar refractivity (Wildman–Crippen MR) is 140 cm³/mol. The molecule has 0 unspecified atom stereocenters. The van der Waals surface area contributed by atoms with Crippen molar-refractivity contribution in [2.75, 3.05) is 6.61 Å². The highest BCUT2D eigenvalue weighted by atomic mass is 79.9. The largest absolute Gasteiger partial charge is 0.490 e. The van der Waals surface area contributed by atoms with Crippen LogP contribution in [0.5, 0.6) is 11.5 Å². The third kappa shape index (κ3) is 5.76. The summed E-state index contributed by atoms with van der Waals surface area (Å²) in [5.74, 6) is 0.890. The maximum absolute atomic E-state index is 12.7. The summed E-state index contributed by atoms with van der Waals surface area (Å²) in [6, 6.07) is 24.5. The van der Waals surface area contributed by atoms with Gasteiger partial charge in [0, 0.05) is 10.6 Å². The van der Waals surface area contributed by atoms with Crippen molar-refractivity contribution in [1.82, 2.24) is 5.43 Å². The first-order valence-electron chi connectivity index (χ1n) is 10.7. The molecular weight excluding hydrogens is 516 g/mol. The average molecular weight is 538 g/mol. The molecule has 0 aliphatic heterocycles. The van der Waals surface area contributed by atoms with E-state index in [2.05, 4.69) is 26.5 Å². The number of ether oxygens (including phenoxy) is 2. The van der Waals surface area contributed by atoms with Crippen LogP contribution in [-0.4, -0.2) is 18.7 Å². The molecule has 0 bridgehead atoms. The van der Waals surface area contributed by atoms with Gasteiger partial charge in [0.25, 0.3) is 5.91 Å². The number of hydrazone groups is 1. The lowest BCUT2D eigenvalue weighted by Gasteiger charge is -2.14. The fourth-order valence-corrected chi connectivity index (χ4v) is 4.15. The Morgan fingerprint density at radius 3 is 2.59 bits per heavy atom. The van der Waals surface area contributed by atoms with Gasteiger partial charge >= 0.3 is 0 Å². The van der Waals surface area contributed by atoms with Gasteiger partial charge in [0.1, 0.15) is 6.61 Å². The fourth-order valence-electron chi connectivity index (χ4n) is 3.45. The Balaban J connectivity index is 1.49. The maximum atomic E-state index is 12.7. The molecule has 0 aliphatic rings. The van der Waals surface area contributed by atoms with Crippen LogP contribution in [0.3, 0.4) is 0 Å². The third-order valence-corrected chi connectivity index (χ3v) is 5.88. The smallest absolute Gasteiger partial charge is 0.271 e. The van der Waals surface area contributed by atoms with E-state index in [-0.39, 0.29) is 5.91 Å². The van der Waals surface area contributed by atoms with Gasteiger partial charge in [0.05, 0.1) is 17.3 Å². The Kier molecular flexibility index (Phi) is 7.83. The van der Waals surface area contributed by atoms with Crippen molar-refractivity contribution in [3.8, 4) is 11.5 Å². The Bertz CT molecular complexity index is 1330. The quantitative estimate of drug-likeness (QED) is 0.194. The summed E-state index contributed by atoms with van der Waals surface area (Å²) in [5.41, 5.74) is 4.91. The van der Waals surface area contributed by atoms with E-state index in [9.17, 15) is 4.79 Å². The third-order valence-electron chi connectivity index (χ3n) is 5.04. The lowest BCUT2D eigenvalue weighted by atomic mass is 10.0. The summed E-state index contributed by atoms with van der Waals surface area (Å²) in [6.07, 6.45) is 1.57. The molecule has 1 N–H and O–H groups in total. The number of hydrogen-bond acceptors (Lipinski definition) is 4. The molecular formula is C27H22BrClN2O3. The minimum Gasteiger partial charge on any atom is -0.490 e. The van der Waals surface area contributed by atoms with Crippen LogP contribution in [0.25, 0.3) is 10.8 Å². The second-order valence-electron chi connectivity index (χ2n) is 7.40. The Labute approximate surface area is 211 Å². The first-order valence-corrected chi connectivity index (χ1v) is 11.9. The summed E-state index contributed by atoms with van der Waals surface area (Å²) in [6.45, 7) is 2.74. The molecule has 0 aliphatic carbocycles. The van der Waals surface area contributed by atoms with Gasteiger partial charge in [-0.2, -0.15) is 5.10 Å². The van der Waals surface area contributed by atoms with Crippen molar-refractivity contribution in [3.05, 3.63) is 105 Å². The van der Waals surface area contributed by atoms with E-state index in [1.165, 1.54) is 0 Å². The molecule has 0 atom stereocenters. The number of fused-ring (bicyclic) bond motifs is 1. The van der Waals surface area contributed by atoms with E-state index in [0.29, 0.717) is 39.8 Å². The molecule has 7 heteroatoms. The zero-order chi connectivity index (χ0) is 23.9. The normalized spacial score (nSPS) is 11.0. The molecule has 172 valence electrons. The molecule has 4 aromatic rings. The molecule has 0 spiro atoms. The van der Waals surface area contributed by atoms with Crippen molar-refractivity contribution >= 4 is 50.4 Å². The minimum absolute atomic E-state index is 0.278. The summed E-state index contributed by atoms with van der Waals surface area (Å²) in [7, 11) is 0. The molecule has 0 aromatic heterocycles. The van der Waals surface area contributed by atoms with Crippen molar-refractivity contribution < 1.29 is 14.3 Å². The summed E-state index contributed by atoms with van der Waals surface area (Å²) in [4.78, 5) is 12.7. The topological polar surface area (TPSA) is 59.9 Å². The molecule has 5 nitrogen and oxygen atoms in total. The minimum atomic E-state index is -0.278. The van der Waals surface area contributed by atoms with E-state index in [1.54, 1.807) is 12.3 Å². The number of nitrogens with zero attached hydrogens (tertiary/aromatic N) is 1. The highest BCUT2D eigenvalue weighted by Crippen LogP contribution is 2.37. The molecule has 1 amide bonds. The van der Waals surface area contributed by atoms with Crippen LogP contribution >= 0.6 is 27.5 Å². The average Bonchev–Trinajstić information content (AvgIpc) is 2.84. The number of hydrogen-bond donors (Lipinski definition) is 1. The number of rotatable bonds is 8. The van der Waals surface area contributed by atoms with E-state index < -0.39 is 0 Å². The monoisotopic (exact) mass is 536 g/mol. The molecule has 0 radical (unpaired) electrons. The Hall–Kier alpha value is -3.35. The van der Waals surface area contributed by atoms with E-state index >= 15 is 0 Å². The molecule has 34 heavy (non-hydrogen) atoms. The standard InChI is InChI=1S/C27H22BrClN2O3/c1-2-33-25-15-19(14-24(28)26(25)34-17-18-10-12-21(29)13-11-18)16-30-31-27(32)23-9-5-7-20-6-3-4-8-22(20)23/h3-16H,2,17H2,1H3,(H,31,32)/b30-16-. The van der Waals surface area contributed by atoms with Crippen LogP contribution in [0, 0.1) is 0 Å². The van der Waals surface area contributed by atoms with E-state index in [0.717, 1.165) is 21.9 Å². The maximum Gasteiger partial charge on any atom is 0.271 e. The Morgan fingerprint density at radius 1 is 1.03 bits per heavy atom. The number of halogens is 2. The van der Waals surface area contributed by atoms with Gasteiger partial charge in [0.15, 0.2) is 11.5 Å². The fraction of sp³-hybridized carbons (Fsp3) is 0.111.